The lowest BCUT2D eigenvalue weighted by Crippen LogP contribution is -2.35. The molecule has 152 valence electrons. The van der Waals surface area contributed by atoms with E-state index >= 15 is 0 Å². The molecule has 0 saturated carbocycles. The van der Waals surface area contributed by atoms with Crippen LogP contribution < -0.4 is 14.8 Å². The molecule has 0 radical (unpaired) electrons. The Labute approximate surface area is 173 Å². The number of anilines is 1. The first-order valence-corrected chi connectivity index (χ1v) is 9.67. The number of rotatable bonds is 2. The minimum Gasteiger partial charge on any atom is -0.497 e. The molecule has 2 aromatic carbocycles. The molecule has 1 amide bonds. The van der Waals surface area contributed by atoms with Gasteiger partial charge in [0.05, 0.1) is 19.0 Å². The first kappa shape index (κ1) is 18.3. The van der Waals surface area contributed by atoms with Crippen molar-refractivity contribution < 1.29 is 18.7 Å². The van der Waals surface area contributed by atoms with Gasteiger partial charge in [0.2, 0.25) is 0 Å². The van der Waals surface area contributed by atoms with Crippen LogP contribution in [0.1, 0.15) is 23.6 Å². The number of ether oxygens (including phenoxy) is 2. The molecular weight excluding hydrogens is 382 g/mol. The summed E-state index contributed by atoms with van der Waals surface area (Å²) < 4.78 is 17.6. The average molecular weight is 403 g/mol. The average Bonchev–Trinajstić information content (AvgIpc) is 2.93. The van der Waals surface area contributed by atoms with Crippen LogP contribution in [0.25, 0.3) is 28.4 Å². The van der Waals surface area contributed by atoms with E-state index in [2.05, 4.69) is 10.4 Å². The first-order valence-electron chi connectivity index (χ1n) is 9.67. The lowest BCUT2D eigenvalue weighted by atomic mass is 9.94. The van der Waals surface area contributed by atoms with Gasteiger partial charge in [0, 0.05) is 35.3 Å². The highest BCUT2D eigenvalue weighted by Gasteiger charge is 2.30. The maximum atomic E-state index is 12.2. The number of methoxy groups -OCH3 is 1. The molecule has 0 bridgehead atoms. The monoisotopic (exact) mass is 403 g/mol. The van der Waals surface area contributed by atoms with Crippen molar-refractivity contribution in [1.29, 1.82) is 0 Å². The van der Waals surface area contributed by atoms with E-state index in [1.807, 2.05) is 50.5 Å². The lowest BCUT2D eigenvalue weighted by molar-refractivity contribution is -0.122. The Hall–Kier alpha value is -3.74. The van der Waals surface area contributed by atoms with Gasteiger partial charge in [-0.3, -0.25) is 9.80 Å². The Morgan fingerprint density at radius 2 is 2.07 bits per heavy atom. The molecule has 30 heavy (non-hydrogen) atoms. The predicted molar refractivity (Wildman–Crippen MR) is 116 cm³/mol. The number of carbonyl (C=O) groups excluding carboxylic acids is 1. The minimum absolute atomic E-state index is 0.181. The Bertz CT molecular complexity index is 1260. The molecule has 0 spiro atoms. The lowest BCUT2D eigenvalue weighted by Gasteiger charge is -2.26. The van der Waals surface area contributed by atoms with Crippen LogP contribution in [-0.4, -0.2) is 37.4 Å². The van der Waals surface area contributed by atoms with Crippen molar-refractivity contribution in [1.82, 2.24) is 5.01 Å². The number of hydrogen-bond donors (Lipinski definition) is 1. The van der Waals surface area contributed by atoms with E-state index in [-0.39, 0.29) is 5.91 Å². The largest absolute Gasteiger partial charge is 0.497 e. The summed E-state index contributed by atoms with van der Waals surface area (Å²) in [4.78, 5) is 12.2. The van der Waals surface area contributed by atoms with E-state index in [9.17, 15) is 4.79 Å². The van der Waals surface area contributed by atoms with Crippen molar-refractivity contribution >= 4 is 34.9 Å². The summed E-state index contributed by atoms with van der Waals surface area (Å²) in [6, 6.07) is 7.68. The van der Waals surface area contributed by atoms with Crippen molar-refractivity contribution in [3.63, 3.8) is 0 Å². The third-order valence-corrected chi connectivity index (χ3v) is 5.51. The molecule has 2 aliphatic heterocycles. The topological polar surface area (TPSA) is 76.3 Å². The molecule has 1 aromatic heterocycles. The zero-order valence-corrected chi connectivity index (χ0v) is 17.1. The summed E-state index contributed by atoms with van der Waals surface area (Å²) in [6.45, 7) is 3.75. The van der Waals surface area contributed by atoms with Gasteiger partial charge < -0.3 is 19.2 Å². The minimum atomic E-state index is -0.578. The molecule has 3 aromatic rings. The first-order chi connectivity index (χ1) is 14.5. The van der Waals surface area contributed by atoms with E-state index in [0.29, 0.717) is 11.4 Å². The second kappa shape index (κ2) is 6.66. The predicted octanol–water partition coefficient (Wildman–Crippen LogP) is 4.39. The molecule has 2 aliphatic rings. The van der Waals surface area contributed by atoms with Crippen molar-refractivity contribution in [3.8, 4) is 22.8 Å². The summed E-state index contributed by atoms with van der Waals surface area (Å²) in [5.41, 5.74) is 4.95. The maximum absolute atomic E-state index is 12.2. The van der Waals surface area contributed by atoms with Gasteiger partial charge in [0.25, 0.3) is 5.91 Å². The molecule has 1 atom stereocenters. The van der Waals surface area contributed by atoms with Crippen LogP contribution in [0.3, 0.4) is 0 Å². The number of carbonyl (C=O) groups is 1. The number of benzene rings is 2. The van der Waals surface area contributed by atoms with Gasteiger partial charge in [0.15, 0.2) is 6.10 Å². The quantitative estimate of drug-likeness (QED) is 0.687. The van der Waals surface area contributed by atoms with Gasteiger partial charge in [0.1, 0.15) is 22.8 Å². The summed E-state index contributed by atoms with van der Waals surface area (Å²) in [5.74, 6) is 1.93. The van der Waals surface area contributed by atoms with E-state index in [1.54, 1.807) is 25.3 Å². The van der Waals surface area contributed by atoms with Crippen molar-refractivity contribution in [2.24, 2.45) is 5.10 Å². The van der Waals surface area contributed by atoms with Crippen molar-refractivity contribution in [3.05, 3.63) is 47.2 Å². The fourth-order valence-electron chi connectivity index (χ4n) is 3.84. The van der Waals surface area contributed by atoms with E-state index < -0.39 is 6.10 Å². The number of fused-ring (bicyclic) bond motifs is 4. The third-order valence-electron chi connectivity index (χ3n) is 5.51. The van der Waals surface area contributed by atoms with E-state index in [1.165, 1.54) is 0 Å². The van der Waals surface area contributed by atoms with Gasteiger partial charge in [-0.05, 0) is 49.8 Å². The number of hydrazone groups is 1. The molecule has 0 saturated heterocycles. The Morgan fingerprint density at radius 3 is 2.87 bits per heavy atom. The molecular formula is C23H21N3O4. The van der Waals surface area contributed by atoms with E-state index in [0.717, 1.165) is 44.7 Å². The molecule has 0 fully saturated rings. The number of aryl methyl sites for hydroxylation is 1. The molecule has 1 unspecified atom stereocenters. The van der Waals surface area contributed by atoms with Crippen LogP contribution in [0.15, 0.2) is 40.0 Å². The van der Waals surface area contributed by atoms with Gasteiger partial charge >= 0.3 is 0 Å². The van der Waals surface area contributed by atoms with Gasteiger partial charge in [-0.1, -0.05) is 0 Å². The standard InChI is InChI=1S/C23H21N3O4/c1-12-16-9-14(28-4)5-6-19(16)30-22(12)17-10-20-21(25-23(27)13(2)29-20)18-11-24-26(3)8-7-15(17)18/h5-11,13H,1-4H3,(H,25,27). The number of nitrogens with zero attached hydrogens (tertiary/aromatic N) is 2. The molecule has 7 nitrogen and oxygen atoms in total. The zero-order chi connectivity index (χ0) is 21.0. The maximum Gasteiger partial charge on any atom is 0.265 e. The zero-order valence-electron chi connectivity index (χ0n) is 17.1. The van der Waals surface area contributed by atoms with Crippen LogP contribution in [-0.2, 0) is 4.79 Å². The molecule has 1 N–H and O–H groups in total. The molecule has 0 aliphatic carbocycles. The van der Waals surface area contributed by atoms with Crippen LogP contribution >= 0.6 is 0 Å². The normalized spacial score (nSPS) is 17.3. The summed E-state index contributed by atoms with van der Waals surface area (Å²) in [5, 5.41) is 10.1. The number of hydrogen-bond acceptors (Lipinski definition) is 6. The summed E-state index contributed by atoms with van der Waals surface area (Å²) in [6.07, 6.45) is 4.99. The molecule has 5 rings (SSSR count). The van der Waals surface area contributed by atoms with Crippen LogP contribution in [0.4, 0.5) is 5.69 Å². The fourth-order valence-corrected chi connectivity index (χ4v) is 3.84. The number of amides is 1. The van der Waals surface area contributed by atoms with Crippen LogP contribution in [0.2, 0.25) is 0 Å². The van der Waals surface area contributed by atoms with Crippen molar-refractivity contribution in [2.45, 2.75) is 20.0 Å². The highest BCUT2D eigenvalue weighted by atomic mass is 16.5. The second-order valence-electron chi connectivity index (χ2n) is 7.43. The third kappa shape index (κ3) is 2.74. The van der Waals surface area contributed by atoms with Crippen LogP contribution in [0.5, 0.6) is 11.5 Å². The molecule has 3 heterocycles. The summed E-state index contributed by atoms with van der Waals surface area (Å²) in [7, 11) is 3.50. The second-order valence-corrected chi connectivity index (χ2v) is 7.43. The van der Waals surface area contributed by atoms with Crippen LogP contribution in [0, 0.1) is 6.92 Å². The SMILES string of the molecule is COc1ccc2oc(-c3cc4c(c5c3C=CN(C)N=C5)NC(=O)C(C)O4)c(C)c2c1. The highest BCUT2D eigenvalue weighted by molar-refractivity contribution is 6.07. The van der Waals surface area contributed by atoms with Gasteiger partial charge in [-0.2, -0.15) is 5.10 Å². The van der Waals surface area contributed by atoms with Gasteiger partial charge in [-0.25, -0.2) is 0 Å². The Balaban J connectivity index is 1.79. The van der Waals surface area contributed by atoms with Crippen molar-refractivity contribution in [2.75, 3.05) is 19.5 Å². The van der Waals surface area contributed by atoms with Gasteiger partial charge in [-0.15, -0.1) is 0 Å². The van der Waals surface area contributed by atoms with E-state index in [4.69, 9.17) is 13.9 Å². The Morgan fingerprint density at radius 1 is 1.23 bits per heavy atom. The summed E-state index contributed by atoms with van der Waals surface area (Å²) >= 11 is 0. The number of furan rings is 1. The highest BCUT2D eigenvalue weighted by Crippen LogP contribution is 2.44. The fraction of sp³-hybridized carbons (Fsp3) is 0.217. The Kier molecular flexibility index (Phi) is 4.06. The number of nitrogens with one attached hydrogen (secondary N) is 1. The molecule has 7 heteroatoms. The smallest absolute Gasteiger partial charge is 0.265 e.